The lowest BCUT2D eigenvalue weighted by atomic mass is 10.1. The number of hydrogen-bond acceptors (Lipinski definition) is 6. The van der Waals surface area contributed by atoms with Crippen molar-refractivity contribution in [2.45, 2.75) is 37.7 Å². The minimum absolute atomic E-state index is 0.0800. The van der Waals surface area contributed by atoms with Gasteiger partial charge in [-0.05, 0) is 61.7 Å². The van der Waals surface area contributed by atoms with E-state index in [1.54, 1.807) is 0 Å². The fourth-order valence-corrected chi connectivity index (χ4v) is 4.71. The van der Waals surface area contributed by atoms with E-state index in [2.05, 4.69) is 47.6 Å². The molecule has 0 aliphatic carbocycles. The van der Waals surface area contributed by atoms with Crippen LogP contribution in [-0.4, -0.2) is 32.7 Å². The van der Waals surface area contributed by atoms with E-state index in [0.29, 0.717) is 17.5 Å². The molecule has 1 aliphatic rings. The van der Waals surface area contributed by atoms with Crippen molar-refractivity contribution in [3.05, 3.63) is 83.4 Å². The summed E-state index contributed by atoms with van der Waals surface area (Å²) in [5.41, 5.74) is 5.27. The highest BCUT2D eigenvalue weighted by atomic mass is 32.2. The Labute approximate surface area is 208 Å². The van der Waals surface area contributed by atoms with Crippen LogP contribution in [0.4, 0.5) is 0 Å². The number of fused-ring (bicyclic) bond motifs is 1. The van der Waals surface area contributed by atoms with E-state index in [-0.39, 0.29) is 18.0 Å². The van der Waals surface area contributed by atoms with Crippen LogP contribution in [0.3, 0.4) is 0 Å². The minimum atomic E-state index is -0.373. The number of carbonyl (C=O) groups is 1. The maximum Gasteiger partial charge on any atom is 0.233 e. The molecule has 7 nitrogen and oxygen atoms in total. The first-order chi connectivity index (χ1) is 17.0. The number of amides is 1. The molecule has 1 N–H and O–H groups in total. The van der Waals surface area contributed by atoms with Crippen LogP contribution in [-0.2, 0) is 11.3 Å². The van der Waals surface area contributed by atoms with Crippen LogP contribution in [0.15, 0.2) is 71.9 Å². The van der Waals surface area contributed by atoms with Crippen LogP contribution in [0.25, 0.3) is 17.1 Å². The molecule has 0 fully saturated rings. The van der Waals surface area contributed by atoms with Crippen molar-refractivity contribution in [1.29, 1.82) is 0 Å². The molecule has 3 aromatic carbocycles. The molecule has 0 spiro atoms. The van der Waals surface area contributed by atoms with Crippen molar-refractivity contribution in [2.75, 3.05) is 6.79 Å². The molecule has 1 unspecified atom stereocenters. The SMILES string of the molecule is Cc1ccc(-n2c(SC(C)C(=O)NCc3ccc4c(c3)OCO4)nnc2-c2ccccc2)cc1C. The maximum atomic E-state index is 12.9. The van der Waals surface area contributed by atoms with Crippen LogP contribution in [0.1, 0.15) is 23.6 Å². The number of carbonyl (C=O) groups excluding carboxylic acids is 1. The van der Waals surface area contributed by atoms with E-state index in [0.717, 1.165) is 28.4 Å². The van der Waals surface area contributed by atoms with Crippen LogP contribution in [0, 0.1) is 13.8 Å². The first-order valence-electron chi connectivity index (χ1n) is 11.4. The third-order valence-electron chi connectivity index (χ3n) is 5.97. The Kier molecular flexibility index (Phi) is 6.46. The lowest BCUT2D eigenvalue weighted by molar-refractivity contribution is -0.120. The molecule has 5 rings (SSSR count). The molecule has 0 saturated heterocycles. The second-order valence-electron chi connectivity index (χ2n) is 8.44. The summed E-state index contributed by atoms with van der Waals surface area (Å²) in [7, 11) is 0. The summed E-state index contributed by atoms with van der Waals surface area (Å²) in [6.07, 6.45) is 0. The molecular formula is C27H26N4O3S. The van der Waals surface area contributed by atoms with E-state index in [1.165, 1.54) is 22.9 Å². The predicted molar refractivity (Wildman–Crippen MR) is 136 cm³/mol. The van der Waals surface area contributed by atoms with Gasteiger partial charge in [-0.1, -0.05) is 54.2 Å². The van der Waals surface area contributed by atoms with E-state index in [1.807, 2.05) is 60.0 Å². The van der Waals surface area contributed by atoms with Crippen LogP contribution in [0.5, 0.6) is 11.5 Å². The van der Waals surface area contributed by atoms with Gasteiger partial charge < -0.3 is 14.8 Å². The fraction of sp³-hybridized carbons (Fsp3) is 0.222. The average molecular weight is 487 g/mol. The fourth-order valence-electron chi connectivity index (χ4n) is 3.81. The van der Waals surface area contributed by atoms with E-state index >= 15 is 0 Å². The van der Waals surface area contributed by atoms with Crippen molar-refractivity contribution < 1.29 is 14.3 Å². The number of aryl methyl sites for hydroxylation is 2. The standard InChI is InChI=1S/C27H26N4O3S/c1-17-9-11-22(13-18(17)2)31-25(21-7-5-4-6-8-21)29-30-27(31)35-19(3)26(32)28-15-20-10-12-23-24(14-20)34-16-33-23/h4-14,19H,15-16H2,1-3H3,(H,28,32). The zero-order valence-corrected chi connectivity index (χ0v) is 20.6. The summed E-state index contributed by atoms with van der Waals surface area (Å²) >= 11 is 1.39. The number of rotatable bonds is 7. The monoisotopic (exact) mass is 486 g/mol. The highest BCUT2D eigenvalue weighted by Gasteiger charge is 2.22. The Balaban J connectivity index is 1.36. The van der Waals surface area contributed by atoms with Gasteiger partial charge in [-0.2, -0.15) is 0 Å². The van der Waals surface area contributed by atoms with E-state index in [9.17, 15) is 4.79 Å². The van der Waals surface area contributed by atoms with Gasteiger partial charge in [0.2, 0.25) is 12.7 Å². The van der Waals surface area contributed by atoms with Gasteiger partial charge in [0.05, 0.1) is 10.9 Å². The molecule has 1 aromatic heterocycles. The third kappa shape index (κ3) is 4.88. The molecule has 1 atom stereocenters. The number of thioether (sulfide) groups is 1. The quantitative estimate of drug-likeness (QED) is 0.367. The second kappa shape index (κ2) is 9.84. The lowest BCUT2D eigenvalue weighted by Crippen LogP contribution is -2.30. The summed E-state index contributed by atoms with van der Waals surface area (Å²) in [4.78, 5) is 12.9. The Bertz CT molecular complexity index is 1370. The van der Waals surface area contributed by atoms with Gasteiger partial charge in [0.1, 0.15) is 0 Å². The van der Waals surface area contributed by atoms with E-state index in [4.69, 9.17) is 9.47 Å². The normalized spacial score (nSPS) is 13.0. The number of nitrogens with one attached hydrogen (secondary N) is 1. The lowest BCUT2D eigenvalue weighted by Gasteiger charge is -2.15. The molecule has 4 aromatic rings. The molecule has 8 heteroatoms. The minimum Gasteiger partial charge on any atom is -0.454 e. The van der Waals surface area contributed by atoms with Crippen molar-refractivity contribution in [1.82, 2.24) is 20.1 Å². The van der Waals surface area contributed by atoms with E-state index < -0.39 is 0 Å². The zero-order chi connectivity index (χ0) is 24.4. The second-order valence-corrected chi connectivity index (χ2v) is 9.75. The molecule has 0 bridgehead atoms. The van der Waals surface area contributed by atoms with Gasteiger partial charge in [0.25, 0.3) is 0 Å². The molecular weight excluding hydrogens is 460 g/mol. The third-order valence-corrected chi connectivity index (χ3v) is 7.01. The Morgan fingerprint density at radius 2 is 1.80 bits per heavy atom. The summed E-state index contributed by atoms with van der Waals surface area (Å²) in [6, 6.07) is 21.9. The van der Waals surface area contributed by atoms with Crippen LogP contribution < -0.4 is 14.8 Å². The molecule has 1 aliphatic heterocycles. The Morgan fingerprint density at radius 1 is 1.00 bits per heavy atom. The summed E-state index contributed by atoms with van der Waals surface area (Å²) in [5, 5.41) is 12.3. The molecule has 178 valence electrons. The Hall–Kier alpha value is -3.78. The predicted octanol–water partition coefficient (Wildman–Crippen LogP) is 5.08. The van der Waals surface area contributed by atoms with Gasteiger partial charge in [0, 0.05) is 12.1 Å². The number of ether oxygens (including phenoxy) is 2. The highest BCUT2D eigenvalue weighted by molar-refractivity contribution is 8.00. The first kappa shape index (κ1) is 23.0. The first-order valence-corrected chi connectivity index (χ1v) is 12.3. The highest BCUT2D eigenvalue weighted by Crippen LogP contribution is 2.33. The van der Waals surface area contributed by atoms with Gasteiger partial charge in [-0.3, -0.25) is 9.36 Å². The van der Waals surface area contributed by atoms with Gasteiger partial charge >= 0.3 is 0 Å². The smallest absolute Gasteiger partial charge is 0.233 e. The zero-order valence-electron chi connectivity index (χ0n) is 19.8. The van der Waals surface area contributed by atoms with Crippen LogP contribution >= 0.6 is 11.8 Å². The topological polar surface area (TPSA) is 78.3 Å². The van der Waals surface area contributed by atoms with Gasteiger partial charge in [0.15, 0.2) is 22.5 Å². The molecule has 2 heterocycles. The molecule has 0 saturated carbocycles. The van der Waals surface area contributed by atoms with Crippen LogP contribution in [0.2, 0.25) is 0 Å². The number of benzene rings is 3. The van der Waals surface area contributed by atoms with Crippen molar-refractivity contribution >= 4 is 17.7 Å². The van der Waals surface area contributed by atoms with Gasteiger partial charge in [-0.25, -0.2) is 0 Å². The van der Waals surface area contributed by atoms with Crippen molar-refractivity contribution in [3.8, 4) is 28.6 Å². The van der Waals surface area contributed by atoms with Gasteiger partial charge in [-0.15, -0.1) is 10.2 Å². The van der Waals surface area contributed by atoms with Crippen molar-refractivity contribution in [3.63, 3.8) is 0 Å². The summed E-state index contributed by atoms with van der Waals surface area (Å²) in [5.74, 6) is 2.09. The molecule has 1 amide bonds. The average Bonchev–Trinajstić information content (AvgIpc) is 3.51. The maximum absolute atomic E-state index is 12.9. The Morgan fingerprint density at radius 3 is 2.60 bits per heavy atom. The summed E-state index contributed by atoms with van der Waals surface area (Å²) < 4.78 is 12.8. The number of hydrogen-bond donors (Lipinski definition) is 1. The largest absolute Gasteiger partial charge is 0.454 e. The van der Waals surface area contributed by atoms with Crippen molar-refractivity contribution in [2.24, 2.45) is 0 Å². The summed E-state index contributed by atoms with van der Waals surface area (Å²) in [6.45, 7) is 6.68. The number of aromatic nitrogens is 3. The molecule has 35 heavy (non-hydrogen) atoms. The number of nitrogens with zero attached hydrogens (tertiary/aromatic N) is 3. The molecule has 0 radical (unpaired) electrons.